The Labute approximate surface area is 204 Å². The Morgan fingerprint density at radius 2 is 2.09 bits per heavy atom. The second-order valence-electron chi connectivity index (χ2n) is 8.90. The number of pyridine rings is 1. The second kappa shape index (κ2) is 11.4. The molecule has 1 unspecified atom stereocenters. The minimum Gasteiger partial charge on any atom is -0.365 e. The quantitative estimate of drug-likeness (QED) is 0.379. The summed E-state index contributed by atoms with van der Waals surface area (Å²) in [6, 6.07) is 12.7. The summed E-state index contributed by atoms with van der Waals surface area (Å²) in [7, 11) is 0. The highest BCUT2D eigenvalue weighted by atomic mass is 16.8. The molecule has 3 aromatic rings. The van der Waals surface area contributed by atoms with Crippen LogP contribution in [0.25, 0.3) is 17.0 Å². The number of fused-ring (bicyclic) bond motifs is 1. The molecule has 0 bridgehead atoms. The van der Waals surface area contributed by atoms with E-state index in [1.54, 1.807) is 18.5 Å². The Bertz CT molecular complexity index is 1160. The third-order valence-corrected chi connectivity index (χ3v) is 6.17. The highest BCUT2D eigenvalue weighted by Gasteiger charge is 2.23. The van der Waals surface area contributed by atoms with Gasteiger partial charge in [-0.05, 0) is 37.5 Å². The smallest absolute Gasteiger partial charge is 0.267 e. The van der Waals surface area contributed by atoms with E-state index >= 15 is 0 Å². The molecule has 0 aliphatic carbocycles. The number of hydrogen-bond acceptors (Lipinski definition) is 8. The van der Waals surface area contributed by atoms with Crippen LogP contribution in [0.1, 0.15) is 37.1 Å². The topological polar surface area (TPSA) is 102 Å². The van der Waals surface area contributed by atoms with Crippen molar-refractivity contribution in [2.24, 2.45) is 0 Å². The SMILES string of the molecule is O=C(/C=C/c1cnc(N[C@@H]2CCN(Cc3ccc4ccccc4n3)C2)cn1)NOC1CCCCO1. The van der Waals surface area contributed by atoms with E-state index in [0.29, 0.717) is 18.3 Å². The van der Waals surface area contributed by atoms with Crippen molar-refractivity contribution < 1.29 is 14.4 Å². The molecule has 2 aliphatic rings. The molecule has 2 fully saturated rings. The van der Waals surface area contributed by atoms with E-state index in [-0.39, 0.29) is 12.2 Å². The van der Waals surface area contributed by atoms with Crippen molar-refractivity contribution in [1.29, 1.82) is 0 Å². The number of rotatable bonds is 8. The van der Waals surface area contributed by atoms with E-state index in [0.717, 1.165) is 67.7 Å². The zero-order chi connectivity index (χ0) is 23.9. The number of carbonyl (C=O) groups is 1. The minimum atomic E-state index is -0.374. The number of ether oxygens (including phenoxy) is 1. The van der Waals surface area contributed by atoms with E-state index in [2.05, 4.69) is 49.9 Å². The number of nitrogens with one attached hydrogen (secondary N) is 2. The average Bonchev–Trinajstić information content (AvgIpc) is 3.34. The van der Waals surface area contributed by atoms with Crippen molar-refractivity contribution in [3.63, 3.8) is 0 Å². The zero-order valence-electron chi connectivity index (χ0n) is 19.6. The summed E-state index contributed by atoms with van der Waals surface area (Å²) in [5.41, 5.74) is 5.10. The van der Waals surface area contributed by atoms with Gasteiger partial charge >= 0.3 is 0 Å². The molecule has 2 saturated heterocycles. The first-order chi connectivity index (χ1) is 17.2. The van der Waals surface area contributed by atoms with E-state index in [9.17, 15) is 4.79 Å². The number of amides is 1. The van der Waals surface area contributed by atoms with Gasteiger partial charge in [-0.1, -0.05) is 24.3 Å². The first-order valence-corrected chi connectivity index (χ1v) is 12.1. The summed E-state index contributed by atoms with van der Waals surface area (Å²) in [5, 5.41) is 4.63. The Balaban J connectivity index is 1.07. The maximum atomic E-state index is 11.9. The Morgan fingerprint density at radius 3 is 2.94 bits per heavy atom. The molecule has 1 aromatic carbocycles. The van der Waals surface area contributed by atoms with Gasteiger partial charge in [-0.15, -0.1) is 0 Å². The molecule has 182 valence electrons. The fourth-order valence-electron chi connectivity index (χ4n) is 4.35. The van der Waals surface area contributed by atoms with Crippen LogP contribution in [-0.2, 0) is 20.9 Å². The highest BCUT2D eigenvalue weighted by molar-refractivity contribution is 5.90. The number of hydroxylamine groups is 1. The minimum absolute atomic E-state index is 0.302. The molecule has 2 atom stereocenters. The summed E-state index contributed by atoms with van der Waals surface area (Å²) in [4.78, 5) is 33.2. The van der Waals surface area contributed by atoms with Gasteiger partial charge in [0, 0.05) is 50.2 Å². The summed E-state index contributed by atoms with van der Waals surface area (Å²) < 4.78 is 5.41. The van der Waals surface area contributed by atoms with Crippen LogP contribution in [0.4, 0.5) is 5.82 Å². The normalized spacial score (nSPS) is 20.9. The van der Waals surface area contributed by atoms with E-state index < -0.39 is 0 Å². The van der Waals surface area contributed by atoms with Gasteiger partial charge in [-0.2, -0.15) is 0 Å². The van der Waals surface area contributed by atoms with Gasteiger partial charge in [0.1, 0.15) is 5.82 Å². The second-order valence-corrected chi connectivity index (χ2v) is 8.90. The van der Waals surface area contributed by atoms with Crippen molar-refractivity contribution in [2.45, 2.75) is 44.6 Å². The number of para-hydroxylation sites is 1. The first-order valence-electron chi connectivity index (χ1n) is 12.1. The van der Waals surface area contributed by atoms with Crippen LogP contribution < -0.4 is 10.8 Å². The molecule has 2 N–H and O–H groups in total. The lowest BCUT2D eigenvalue weighted by molar-refractivity contribution is -0.198. The van der Waals surface area contributed by atoms with Crippen molar-refractivity contribution in [3.05, 3.63) is 66.3 Å². The van der Waals surface area contributed by atoms with Crippen LogP contribution in [0.5, 0.6) is 0 Å². The summed E-state index contributed by atoms with van der Waals surface area (Å²) in [5.74, 6) is 0.357. The van der Waals surface area contributed by atoms with Crippen LogP contribution in [0.3, 0.4) is 0 Å². The van der Waals surface area contributed by atoms with Crippen molar-refractivity contribution in [3.8, 4) is 0 Å². The van der Waals surface area contributed by atoms with Gasteiger partial charge in [0.05, 0.1) is 29.3 Å². The molecule has 2 aromatic heterocycles. The molecule has 4 heterocycles. The fourth-order valence-corrected chi connectivity index (χ4v) is 4.35. The fraction of sp³-hybridized carbons (Fsp3) is 0.385. The lowest BCUT2D eigenvalue weighted by Gasteiger charge is -2.21. The third-order valence-electron chi connectivity index (χ3n) is 6.17. The van der Waals surface area contributed by atoms with Gasteiger partial charge in [-0.3, -0.25) is 19.7 Å². The third kappa shape index (κ3) is 6.60. The van der Waals surface area contributed by atoms with Crippen LogP contribution in [-0.4, -0.2) is 57.8 Å². The predicted octanol–water partition coefficient (Wildman–Crippen LogP) is 3.30. The number of benzene rings is 1. The molecular weight excluding hydrogens is 444 g/mol. The molecule has 35 heavy (non-hydrogen) atoms. The van der Waals surface area contributed by atoms with Gasteiger partial charge in [0.15, 0.2) is 6.29 Å². The highest BCUT2D eigenvalue weighted by Crippen LogP contribution is 2.18. The zero-order valence-corrected chi connectivity index (χ0v) is 19.6. The summed E-state index contributed by atoms with van der Waals surface area (Å²) >= 11 is 0. The average molecular weight is 475 g/mol. The molecule has 9 nitrogen and oxygen atoms in total. The van der Waals surface area contributed by atoms with Crippen LogP contribution in [0.2, 0.25) is 0 Å². The molecule has 9 heteroatoms. The van der Waals surface area contributed by atoms with E-state index in [4.69, 9.17) is 14.6 Å². The molecule has 0 radical (unpaired) electrons. The Hall–Kier alpha value is -3.40. The molecule has 2 aliphatic heterocycles. The van der Waals surface area contributed by atoms with Crippen LogP contribution in [0.15, 0.2) is 54.9 Å². The van der Waals surface area contributed by atoms with Gasteiger partial charge in [-0.25, -0.2) is 15.3 Å². The number of anilines is 1. The Morgan fingerprint density at radius 1 is 1.14 bits per heavy atom. The van der Waals surface area contributed by atoms with Crippen molar-refractivity contribution >= 4 is 28.7 Å². The van der Waals surface area contributed by atoms with E-state index in [1.165, 1.54) is 6.08 Å². The van der Waals surface area contributed by atoms with Crippen LogP contribution >= 0.6 is 0 Å². The number of aromatic nitrogens is 3. The lowest BCUT2D eigenvalue weighted by atomic mass is 10.2. The van der Waals surface area contributed by atoms with Crippen LogP contribution in [0, 0.1) is 0 Å². The Kier molecular flexibility index (Phi) is 7.57. The predicted molar refractivity (Wildman–Crippen MR) is 133 cm³/mol. The summed E-state index contributed by atoms with van der Waals surface area (Å²) in [6.07, 6.45) is 9.80. The maximum absolute atomic E-state index is 11.9. The largest absolute Gasteiger partial charge is 0.365 e. The van der Waals surface area contributed by atoms with Crippen molar-refractivity contribution in [1.82, 2.24) is 25.3 Å². The molecule has 0 spiro atoms. The molecule has 0 saturated carbocycles. The molecular formula is C26H30N6O3. The lowest BCUT2D eigenvalue weighted by Crippen LogP contribution is -2.32. The maximum Gasteiger partial charge on any atom is 0.267 e. The van der Waals surface area contributed by atoms with Gasteiger partial charge in [0.2, 0.25) is 0 Å². The monoisotopic (exact) mass is 474 g/mol. The number of carbonyl (C=O) groups excluding carboxylic acids is 1. The molecule has 5 rings (SSSR count). The number of likely N-dealkylation sites (tertiary alicyclic amines) is 1. The van der Waals surface area contributed by atoms with E-state index in [1.807, 2.05) is 12.1 Å². The first kappa shape index (κ1) is 23.3. The van der Waals surface area contributed by atoms with Gasteiger partial charge < -0.3 is 10.1 Å². The standard InChI is InChI=1S/C26H30N6O3/c33-25(31-35-26-7-3-4-14-34-26)11-10-20-15-28-24(16-27-20)30-22-12-13-32(18-22)17-21-9-8-19-5-1-2-6-23(19)29-21/h1-2,5-6,8-11,15-16,22,26H,3-4,7,12-14,17-18H2,(H,28,30)(H,31,33)/b11-10+/t22-,26?/m1/s1. The van der Waals surface area contributed by atoms with Crippen molar-refractivity contribution in [2.75, 3.05) is 25.0 Å². The number of nitrogens with zero attached hydrogens (tertiary/aromatic N) is 4. The summed E-state index contributed by atoms with van der Waals surface area (Å²) in [6.45, 7) is 3.41. The van der Waals surface area contributed by atoms with Gasteiger partial charge in [0.25, 0.3) is 5.91 Å². The number of hydrogen-bond donors (Lipinski definition) is 2. The molecule has 1 amide bonds.